The first kappa shape index (κ1) is 15.7. The fourth-order valence-corrected chi connectivity index (χ4v) is 4.45. The van der Waals surface area contributed by atoms with Crippen LogP contribution in [0.1, 0.15) is 70.6 Å². The highest BCUT2D eigenvalue weighted by Crippen LogP contribution is 2.37. The average Bonchev–Trinajstić information content (AvgIpc) is 3.11. The van der Waals surface area contributed by atoms with E-state index in [0.717, 1.165) is 44.9 Å². The van der Waals surface area contributed by atoms with Gasteiger partial charge in [0.25, 0.3) is 0 Å². The highest BCUT2D eigenvalue weighted by molar-refractivity contribution is 5.79. The van der Waals surface area contributed by atoms with Gasteiger partial charge in [0.15, 0.2) is 0 Å². The van der Waals surface area contributed by atoms with Gasteiger partial charge in [0.05, 0.1) is 0 Å². The minimum absolute atomic E-state index is 0.446. The molecule has 0 aromatic heterocycles. The van der Waals surface area contributed by atoms with Crippen LogP contribution in [0.4, 0.5) is 0 Å². The summed E-state index contributed by atoms with van der Waals surface area (Å²) < 4.78 is 0. The Morgan fingerprint density at radius 2 is 1.68 bits per heavy atom. The molecule has 2 bridgehead atoms. The zero-order valence-electron chi connectivity index (χ0n) is 13.6. The summed E-state index contributed by atoms with van der Waals surface area (Å²) in [4.78, 5) is 24.3. The smallest absolute Gasteiger partial charge is 0.133 e. The van der Waals surface area contributed by atoms with Crippen LogP contribution in [0.3, 0.4) is 0 Å². The normalized spacial score (nSPS) is 34.0. The third-order valence-corrected chi connectivity index (χ3v) is 5.79. The van der Waals surface area contributed by atoms with Crippen molar-refractivity contribution in [2.45, 2.75) is 70.6 Å². The van der Waals surface area contributed by atoms with Crippen molar-refractivity contribution in [2.24, 2.45) is 17.8 Å². The molecular formula is C20H28O2. The van der Waals surface area contributed by atoms with E-state index in [0.29, 0.717) is 35.7 Å². The van der Waals surface area contributed by atoms with Gasteiger partial charge in [0, 0.05) is 25.7 Å². The summed E-state index contributed by atoms with van der Waals surface area (Å²) in [6.45, 7) is 0. The number of ketones is 2. The number of hydrogen-bond donors (Lipinski definition) is 0. The summed E-state index contributed by atoms with van der Waals surface area (Å²) in [7, 11) is 0. The Labute approximate surface area is 134 Å². The number of fused-ring (bicyclic) bond motifs is 3. The highest BCUT2D eigenvalue weighted by atomic mass is 16.1. The van der Waals surface area contributed by atoms with Crippen LogP contribution in [-0.2, 0) is 9.59 Å². The molecule has 0 radical (unpaired) electrons. The number of rotatable bonds is 0. The van der Waals surface area contributed by atoms with Crippen LogP contribution in [0.2, 0.25) is 0 Å². The summed E-state index contributed by atoms with van der Waals surface area (Å²) in [5.74, 6) is 2.65. The number of carbonyl (C=O) groups excluding carboxylic acids is 2. The molecule has 0 aromatic carbocycles. The molecule has 3 aliphatic carbocycles. The molecule has 3 aliphatic rings. The molecule has 0 heterocycles. The Morgan fingerprint density at radius 3 is 2.59 bits per heavy atom. The van der Waals surface area contributed by atoms with Crippen molar-refractivity contribution < 1.29 is 9.59 Å². The zero-order chi connectivity index (χ0) is 15.4. The molecule has 0 aromatic rings. The van der Waals surface area contributed by atoms with E-state index >= 15 is 0 Å². The van der Waals surface area contributed by atoms with Crippen molar-refractivity contribution in [1.29, 1.82) is 0 Å². The fourth-order valence-electron chi connectivity index (χ4n) is 4.45. The lowest BCUT2D eigenvalue weighted by Crippen LogP contribution is -2.07. The van der Waals surface area contributed by atoms with E-state index in [1.807, 2.05) is 0 Å². The molecule has 3 unspecified atom stereocenters. The molecule has 0 saturated heterocycles. The second-order valence-electron chi connectivity index (χ2n) is 7.49. The van der Waals surface area contributed by atoms with Crippen LogP contribution in [0, 0.1) is 17.8 Å². The van der Waals surface area contributed by atoms with Crippen LogP contribution in [-0.4, -0.2) is 11.6 Å². The van der Waals surface area contributed by atoms with Crippen molar-refractivity contribution in [3.8, 4) is 0 Å². The number of allylic oxidation sites excluding steroid dienone is 4. The third kappa shape index (κ3) is 4.18. The Bertz CT molecular complexity index is 486. The third-order valence-electron chi connectivity index (χ3n) is 5.79. The molecular weight excluding hydrogens is 272 g/mol. The minimum Gasteiger partial charge on any atom is -0.300 e. The molecule has 2 saturated carbocycles. The van der Waals surface area contributed by atoms with Crippen molar-refractivity contribution in [3.05, 3.63) is 23.8 Å². The van der Waals surface area contributed by atoms with Gasteiger partial charge in [-0.25, -0.2) is 0 Å². The predicted octanol–water partition coefficient (Wildman–Crippen LogP) is 4.79. The van der Waals surface area contributed by atoms with Gasteiger partial charge < -0.3 is 0 Å². The Morgan fingerprint density at radius 1 is 0.818 bits per heavy atom. The van der Waals surface area contributed by atoms with Crippen LogP contribution in [0.15, 0.2) is 23.8 Å². The molecule has 3 atom stereocenters. The first-order valence-corrected chi connectivity index (χ1v) is 9.11. The maximum absolute atomic E-state index is 12.2. The summed E-state index contributed by atoms with van der Waals surface area (Å²) in [6, 6.07) is 0. The van der Waals surface area contributed by atoms with E-state index < -0.39 is 0 Å². The Balaban J connectivity index is 1.62. The molecule has 2 heteroatoms. The van der Waals surface area contributed by atoms with Gasteiger partial charge in [-0.05, 0) is 56.3 Å². The van der Waals surface area contributed by atoms with Crippen molar-refractivity contribution in [1.82, 2.24) is 0 Å². The second-order valence-corrected chi connectivity index (χ2v) is 7.49. The number of Topliss-reactive ketones (excluding diaryl/α,β-unsaturated/α-hetero) is 2. The monoisotopic (exact) mass is 300 g/mol. The highest BCUT2D eigenvalue weighted by Gasteiger charge is 2.27. The van der Waals surface area contributed by atoms with E-state index in [1.54, 1.807) is 0 Å². The Hall–Kier alpha value is -1.18. The molecule has 0 amide bonds. The van der Waals surface area contributed by atoms with Crippen molar-refractivity contribution in [2.75, 3.05) is 0 Å². The standard InChI is InChI=1S/C20H28O2/c21-19-6-2-5-17-3-1-4-18(17)10-12-20(22)14-16-8-7-15(13-16)9-11-19/h1,3-4,15-17H,2,5-14H2. The van der Waals surface area contributed by atoms with Crippen molar-refractivity contribution >= 4 is 11.6 Å². The lowest BCUT2D eigenvalue weighted by atomic mass is 9.90. The molecule has 120 valence electrons. The summed E-state index contributed by atoms with van der Waals surface area (Å²) in [6.07, 6.45) is 17.1. The molecule has 2 nitrogen and oxygen atoms in total. The van der Waals surface area contributed by atoms with Crippen LogP contribution >= 0.6 is 0 Å². The van der Waals surface area contributed by atoms with Gasteiger partial charge in [-0.1, -0.05) is 30.2 Å². The predicted molar refractivity (Wildman–Crippen MR) is 88.5 cm³/mol. The topological polar surface area (TPSA) is 34.1 Å². The summed E-state index contributed by atoms with van der Waals surface area (Å²) >= 11 is 0. The molecule has 0 spiro atoms. The first-order chi connectivity index (χ1) is 10.7. The van der Waals surface area contributed by atoms with Crippen molar-refractivity contribution in [3.63, 3.8) is 0 Å². The maximum atomic E-state index is 12.2. The number of hydrogen-bond acceptors (Lipinski definition) is 2. The van der Waals surface area contributed by atoms with Crippen LogP contribution < -0.4 is 0 Å². The van der Waals surface area contributed by atoms with Crippen LogP contribution in [0.5, 0.6) is 0 Å². The summed E-state index contributed by atoms with van der Waals surface area (Å²) in [5.41, 5.74) is 1.40. The van der Waals surface area contributed by atoms with E-state index in [-0.39, 0.29) is 0 Å². The fraction of sp³-hybridized carbons (Fsp3) is 0.700. The van der Waals surface area contributed by atoms with Crippen LogP contribution in [0.25, 0.3) is 0 Å². The lowest BCUT2D eigenvalue weighted by Gasteiger charge is -2.14. The average molecular weight is 300 g/mol. The second kappa shape index (κ2) is 7.39. The molecule has 22 heavy (non-hydrogen) atoms. The van der Waals surface area contributed by atoms with E-state index in [2.05, 4.69) is 18.2 Å². The van der Waals surface area contributed by atoms with Gasteiger partial charge in [0.2, 0.25) is 0 Å². The zero-order valence-corrected chi connectivity index (χ0v) is 13.6. The molecule has 0 aliphatic heterocycles. The summed E-state index contributed by atoms with van der Waals surface area (Å²) in [5, 5.41) is 0. The first-order valence-electron chi connectivity index (χ1n) is 9.11. The molecule has 3 rings (SSSR count). The molecule has 0 N–H and O–H groups in total. The Kier molecular flexibility index (Phi) is 5.28. The van der Waals surface area contributed by atoms with E-state index in [1.165, 1.54) is 24.8 Å². The van der Waals surface area contributed by atoms with Gasteiger partial charge in [-0.3, -0.25) is 9.59 Å². The van der Waals surface area contributed by atoms with Gasteiger partial charge in [0.1, 0.15) is 11.6 Å². The van der Waals surface area contributed by atoms with E-state index in [9.17, 15) is 9.59 Å². The van der Waals surface area contributed by atoms with Gasteiger partial charge in [-0.2, -0.15) is 0 Å². The van der Waals surface area contributed by atoms with E-state index in [4.69, 9.17) is 0 Å². The quantitative estimate of drug-likeness (QED) is 0.644. The largest absolute Gasteiger partial charge is 0.300 e. The van der Waals surface area contributed by atoms with Gasteiger partial charge >= 0.3 is 0 Å². The van der Waals surface area contributed by atoms with Gasteiger partial charge in [-0.15, -0.1) is 0 Å². The molecule has 2 fully saturated rings. The minimum atomic E-state index is 0.446. The lowest BCUT2D eigenvalue weighted by molar-refractivity contribution is -0.120. The SMILES string of the molecule is O=C1CCCC2C=CC=C2CCC(=O)CC2CCC(CC1)C2. The number of carbonyl (C=O) groups is 2. The maximum Gasteiger partial charge on any atom is 0.133 e.